The maximum atomic E-state index is 13.5. The van der Waals surface area contributed by atoms with Gasteiger partial charge in [0.05, 0.1) is 12.5 Å². The highest BCUT2D eigenvalue weighted by molar-refractivity contribution is 9.10. The van der Waals surface area contributed by atoms with Crippen molar-refractivity contribution in [3.63, 3.8) is 0 Å². The van der Waals surface area contributed by atoms with Crippen molar-refractivity contribution >= 4 is 21.8 Å². The number of benzene rings is 1. The van der Waals surface area contributed by atoms with Gasteiger partial charge in [0.15, 0.2) is 0 Å². The molecule has 19 heavy (non-hydrogen) atoms. The lowest BCUT2D eigenvalue weighted by atomic mass is 10.1. The molecule has 106 valence electrons. The molecule has 1 rings (SSSR count). The molecule has 1 unspecified atom stereocenters. The normalized spacial score (nSPS) is 12.3. The number of aliphatic hydroxyl groups excluding tert-OH is 1. The van der Waals surface area contributed by atoms with Crippen LogP contribution in [0.1, 0.15) is 18.9 Å². The van der Waals surface area contributed by atoms with Gasteiger partial charge in [-0.1, -0.05) is 22.9 Å². The third kappa shape index (κ3) is 4.58. The summed E-state index contributed by atoms with van der Waals surface area (Å²) in [5.41, 5.74) is 0.575. The van der Waals surface area contributed by atoms with Crippen molar-refractivity contribution in [3.05, 3.63) is 34.1 Å². The van der Waals surface area contributed by atoms with Crippen LogP contribution in [0.2, 0.25) is 0 Å². The number of carbonyl (C=O) groups excluding carboxylic acids is 1. The third-order valence-electron chi connectivity index (χ3n) is 3.16. The highest BCUT2D eigenvalue weighted by Gasteiger charge is 2.19. The Labute approximate surface area is 121 Å². The summed E-state index contributed by atoms with van der Waals surface area (Å²) in [7, 11) is 1.68. The second-order valence-corrected chi connectivity index (χ2v) is 5.45. The minimum atomic E-state index is -0.364. The van der Waals surface area contributed by atoms with Crippen molar-refractivity contribution in [2.24, 2.45) is 5.92 Å². The Morgan fingerprint density at radius 2 is 2.21 bits per heavy atom. The van der Waals surface area contributed by atoms with E-state index in [4.69, 9.17) is 5.11 Å². The van der Waals surface area contributed by atoms with Crippen molar-refractivity contribution in [2.45, 2.75) is 19.8 Å². The van der Waals surface area contributed by atoms with E-state index in [1.54, 1.807) is 24.1 Å². The van der Waals surface area contributed by atoms with Gasteiger partial charge in [-0.25, -0.2) is 4.39 Å². The Morgan fingerprint density at radius 3 is 2.79 bits per heavy atom. The standard InChI is InChI=1S/C14H19BrFNO2/c1-3-10(9-18)14(19)17(2)7-6-11-8-12(15)4-5-13(11)16/h4-5,8,10,18H,3,6-7,9H2,1-2H3. The molecule has 1 atom stereocenters. The number of halogens is 2. The Kier molecular flexibility index (Phi) is 6.45. The third-order valence-corrected chi connectivity index (χ3v) is 3.66. The molecule has 0 radical (unpaired) electrons. The molecule has 0 saturated heterocycles. The van der Waals surface area contributed by atoms with Crippen molar-refractivity contribution in [3.8, 4) is 0 Å². The smallest absolute Gasteiger partial charge is 0.227 e. The fourth-order valence-corrected chi connectivity index (χ4v) is 2.24. The molecule has 1 amide bonds. The van der Waals surface area contributed by atoms with Gasteiger partial charge in [0, 0.05) is 18.1 Å². The van der Waals surface area contributed by atoms with Crippen LogP contribution in [0.25, 0.3) is 0 Å². The first-order valence-electron chi connectivity index (χ1n) is 6.29. The molecule has 1 aromatic carbocycles. The summed E-state index contributed by atoms with van der Waals surface area (Å²) in [6.45, 7) is 2.15. The first kappa shape index (κ1) is 16.1. The summed E-state index contributed by atoms with van der Waals surface area (Å²) in [6, 6.07) is 4.77. The van der Waals surface area contributed by atoms with Crippen molar-refractivity contribution in [1.29, 1.82) is 0 Å². The fraction of sp³-hybridized carbons (Fsp3) is 0.500. The molecule has 0 fully saturated rings. The van der Waals surface area contributed by atoms with E-state index in [1.807, 2.05) is 6.92 Å². The molecule has 0 aromatic heterocycles. The lowest BCUT2D eigenvalue weighted by Crippen LogP contribution is -2.35. The molecule has 0 aliphatic rings. The van der Waals surface area contributed by atoms with Gasteiger partial charge in [-0.3, -0.25) is 4.79 Å². The van der Waals surface area contributed by atoms with Gasteiger partial charge >= 0.3 is 0 Å². The summed E-state index contributed by atoms with van der Waals surface area (Å²) in [4.78, 5) is 13.5. The lowest BCUT2D eigenvalue weighted by Gasteiger charge is -2.22. The second kappa shape index (κ2) is 7.60. The molecule has 1 aromatic rings. The number of hydrogen-bond acceptors (Lipinski definition) is 2. The molecule has 0 heterocycles. The highest BCUT2D eigenvalue weighted by Crippen LogP contribution is 2.16. The molecule has 0 aliphatic heterocycles. The van der Waals surface area contributed by atoms with Crippen LogP contribution in [0.4, 0.5) is 4.39 Å². The second-order valence-electron chi connectivity index (χ2n) is 4.53. The van der Waals surface area contributed by atoms with E-state index in [0.29, 0.717) is 24.9 Å². The van der Waals surface area contributed by atoms with E-state index >= 15 is 0 Å². The molecule has 0 bridgehead atoms. The minimum Gasteiger partial charge on any atom is -0.396 e. The number of carbonyl (C=O) groups is 1. The molecule has 1 N–H and O–H groups in total. The summed E-state index contributed by atoms with van der Waals surface area (Å²) in [5, 5.41) is 9.10. The molecule has 5 heteroatoms. The van der Waals surface area contributed by atoms with E-state index in [-0.39, 0.29) is 24.2 Å². The predicted octanol–water partition coefficient (Wildman–Crippen LogP) is 2.61. The number of aliphatic hydroxyl groups is 1. The maximum absolute atomic E-state index is 13.5. The van der Waals surface area contributed by atoms with Crippen molar-refractivity contribution < 1.29 is 14.3 Å². The zero-order valence-electron chi connectivity index (χ0n) is 11.2. The largest absolute Gasteiger partial charge is 0.396 e. The summed E-state index contributed by atoms with van der Waals surface area (Å²) in [6.07, 6.45) is 1.06. The van der Waals surface area contributed by atoms with Gasteiger partial charge in [0.25, 0.3) is 0 Å². The molecule has 3 nitrogen and oxygen atoms in total. The number of amides is 1. The Morgan fingerprint density at radius 1 is 1.53 bits per heavy atom. The monoisotopic (exact) mass is 331 g/mol. The SMILES string of the molecule is CCC(CO)C(=O)N(C)CCc1cc(Br)ccc1F. The predicted molar refractivity (Wildman–Crippen MR) is 76.3 cm³/mol. The average Bonchev–Trinajstić information content (AvgIpc) is 2.40. The number of nitrogens with zero attached hydrogens (tertiary/aromatic N) is 1. The van der Waals surface area contributed by atoms with Crippen molar-refractivity contribution in [2.75, 3.05) is 20.2 Å². The quantitative estimate of drug-likeness (QED) is 0.870. The van der Waals surface area contributed by atoms with Crippen LogP contribution < -0.4 is 0 Å². The highest BCUT2D eigenvalue weighted by atomic mass is 79.9. The van der Waals surface area contributed by atoms with Gasteiger partial charge < -0.3 is 10.0 Å². The van der Waals surface area contributed by atoms with Crippen LogP contribution in [0.15, 0.2) is 22.7 Å². The molecular formula is C14H19BrFNO2. The topological polar surface area (TPSA) is 40.5 Å². The average molecular weight is 332 g/mol. The van der Waals surface area contributed by atoms with Gasteiger partial charge in [0.1, 0.15) is 5.82 Å². The first-order valence-corrected chi connectivity index (χ1v) is 7.08. The zero-order valence-corrected chi connectivity index (χ0v) is 12.8. The molecule has 0 aliphatic carbocycles. The number of hydrogen-bond donors (Lipinski definition) is 1. The van der Waals surface area contributed by atoms with E-state index in [9.17, 15) is 9.18 Å². The van der Waals surface area contributed by atoms with E-state index in [1.165, 1.54) is 6.07 Å². The number of rotatable bonds is 6. The van der Waals surface area contributed by atoms with Gasteiger partial charge in [-0.15, -0.1) is 0 Å². The van der Waals surface area contributed by atoms with Gasteiger partial charge in [-0.05, 0) is 36.6 Å². The first-order chi connectivity index (χ1) is 8.99. The van der Waals surface area contributed by atoms with E-state index in [0.717, 1.165) is 4.47 Å². The zero-order chi connectivity index (χ0) is 14.4. The van der Waals surface area contributed by atoms with Crippen LogP contribution >= 0.6 is 15.9 Å². The summed E-state index contributed by atoms with van der Waals surface area (Å²) >= 11 is 3.30. The van der Waals surface area contributed by atoms with E-state index in [2.05, 4.69) is 15.9 Å². The number of likely N-dealkylation sites (N-methyl/N-ethyl adjacent to an activating group) is 1. The van der Waals surface area contributed by atoms with Gasteiger partial charge in [0.2, 0.25) is 5.91 Å². The Bertz CT molecular complexity index is 435. The Balaban J connectivity index is 2.61. The van der Waals surface area contributed by atoms with E-state index < -0.39 is 0 Å². The van der Waals surface area contributed by atoms with Crippen LogP contribution in [0.3, 0.4) is 0 Å². The molecule has 0 saturated carbocycles. The molecular weight excluding hydrogens is 313 g/mol. The lowest BCUT2D eigenvalue weighted by molar-refractivity contribution is -0.135. The maximum Gasteiger partial charge on any atom is 0.227 e. The minimum absolute atomic E-state index is 0.0968. The van der Waals surface area contributed by atoms with Crippen LogP contribution in [-0.2, 0) is 11.2 Å². The van der Waals surface area contributed by atoms with Crippen molar-refractivity contribution in [1.82, 2.24) is 4.90 Å². The fourth-order valence-electron chi connectivity index (χ4n) is 1.83. The molecule has 0 spiro atoms. The Hall–Kier alpha value is -0.940. The van der Waals surface area contributed by atoms with Crippen LogP contribution in [0.5, 0.6) is 0 Å². The van der Waals surface area contributed by atoms with Crippen LogP contribution in [0, 0.1) is 11.7 Å². The van der Waals surface area contributed by atoms with Gasteiger partial charge in [-0.2, -0.15) is 0 Å². The van der Waals surface area contributed by atoms with Crippen LogP contribution in [-0.4, -0.2) is 36.1 Å². The summed E-state index contributed by atoms with van der Waals surface area (Å²) < 4.78 is 14.4. The summed E-state index contributed by atoms with van der Waals surface area (Å²) in [5.74, 6) is -0.726.